The highest BCUT2D eigenvalue weighted by atomic mass is 19.1. The molecule has 7 nitrogen and oxygen atoms in total. The first-order valence-corrected chi connectivity index (χ1v) is 5.97. The molecule has 2 aromatic rings. The molecule has 1 aromatic heterocycles. The van der Waals surface area contributed by atoms with Gasteiger partial charge in [0.25, 0.3) is 5.91 Å². The molecule has 0 saturated heterocycles. The van der Waals surface area contributed by atoms with Crippen molar-refractivity contribution < 1.29 is 24.2 Å². The molecule has 0 saturated carbocycles. The summed E-state index contributed by atoms with van der Waals surface area (Å²) < 4.78 is 12.9. The summed E-state index contributed by atoms with van der Waals surface area (Å²) in [5, 5.41) is 20.9. The zero-order chi connectivity index (χ0) is 15.4. The highest BCUT2D eigenvalue weighted by Crippen LogP contribution is 2.18. The molecule has 8 heteroatoms. The van der Waals surface area contributed by atoms with Crippen LogP contribution in [0.15, 0.2) is 30.7 Å². The van der Waals surface area contributed by atoms with Crippen LogP contribution in [0.25, 0.3) is 0 Å². The van der Waals surface area contributed by atoms with Gasteiger partial charge >= 0.3 is 5.97 Å². The van der Waals surface area contributed by atoms with Crippen LogP contribution in [0.3, 0.4) is 0 Å². The Balaban J connectivity index is 2.12. The second kappa shape index (κ2) is 6.04. The van der Waals surface area contributed by atoms with E-state index in [0.29, 0.717) is 5.69 Å². The van der Waals surface area contributed by atoms with Crippen molar-refractivity contribution in [2.75, 3.05) is 0 Å². The number of hydrogen-bond donors (Lipinski definition) is 4. The number of aromatic amines is 1. The van der Waals surface area contributed by atoms with Gasteiger partial charge in [-0.25, -0.2) is 14.2 Å². The average molecular weight is 293 g/mol. The molecular formula is C13H12FN3O4. The van der Waals surface area contributed by atoms with Gasteiger partial charge in [-0.1, -0.05) is 0 Å². The predicted octanol–water partition coefficient (Wildman–Crippen LogP) is 0.680. The predicted molar refractivity (Wildman–Crippen MR) is 69.2 cm³/mol. The molecular weight excluding hydrogens is 281 g/mol. The van der Waals surface area contributed by atoms with E-state index in [0.717, 1.165) is 18.2 Å². The Morgan fingerprint density at radius 3 is 2.76 bits per heavy atom. The third-order valence-corrected chi connectivity index (χ3v) is 2.79. The number of benzene rings is 1. The number of carbonyl (C=O) groups is 2. The number of carboxylic acid groups (broad SMARTS) is 1. The first kappa shape index (κ1) is 14.5. The van der Waals surface area contributed by atoms with Gasteiger partial charge in [0.05, 0.1) is 11.9 Å². The number of aliphatic carboxylic acids is 1. The van der Waals surface area contributed by atoms with Gasteiger partial charge < -0.3 is 20.5 Å². The molecule has 0 bridgehead atoms. The molecule has 4 N–H and O–H groups in total. The van der Waals surface area contributed by atoms with E-state index in [9.17, 15) is 19.1 Å². The number of H-pyrrole nitrogens is 1. The van der Waals surface area contributed by atoms with Crippen LogP contribution in [-0.4, -0.2) is 38.1 Å². The number of aromatic hydroxyl groups is 1. The van der Waals surface area contributed by atoms with Crippen molar-refractivity contribution in [2.24, 2.45) is 0 Å². The van der Waals surface area contributed by atoms with Crippen molar-refractivity contribution >= 4 is 11.9 Å². The van der Waals surface area contributed by atoms with Crippen LogP contribution in [-0.2, 0) is 11.2 Å². The van der Waals surface area contributed by atoms with Crippen molar-refractivity contribution in [3.63, 3.8) is 0 Å². The van der Waals surface area contributed by atoms with Crippen molar-refractivity contribution in [2.45, 2.75) is 12.5 Å². The molecule has 1 heterocycles. The largest absolute Gasteiger partial charge is 0.507 e. The van der Waals surface area contributed by atoms with E-state index in [-0.39, 0.29) is 12.0 Å². The fraction of sp³-hybridized carbons (Fsp3) is 0.154. The summed E-state index contributed by atoms with van der Waals surface area (Å²) in [4.78, 5) is 29.6. The summed E-state index contributed by atoms with van der Waals surface area (Å²) in [5.41, 5.74) is 0.332. The number of nitrogens with one attached hydrogen (secondary N) is 2. The van der Waals surface area contributed by atoms with Gasteiger partial charge in [0.1, 0.15) is 17.6 Å². The normalized spacial score (nSPS) is 11.9. The Morgan fingerprint density at radius 2 is 2.19 bits per heavy atom. The van der Waals surface area contributed by atoms with E-state index in [1.54, 1.807) is 0 Å². The minimum atomic E-state index is -1.24. The van der Waals surface area contributed by atoms with E-state index < -0.39 is 29.5 Å². The van der Waals surface area contributed by atoms with Crippen LogP contribution in [0, 0.1) is 5.82 Å². The van der Waals surface area contributed by atoms with Crippen molar-refractivity contribution in [3.8, 4) is 5.75 Å². The zero-order valence-corrected chi connectivity index (χ0v) is 10.7. The van der Waals surface area contributed by atoms with Gasteiger partial charge in [0.2, 0.25) is 0 Å². The number of halogens is 1. The van der Waals surface area contributed by atoms with Gasteiger partial charge in [0.15, 0.2) is 0 Å². The highest BCUT2D eigenvalue weighted by Gasteiger charge is 2.23. The second-order valence-corrected chi connectivity index (χ2v) is 4.31. The molecule has 0 fully saturated rings. The van der Waals surface area contributed by atoms with Crippen LogP contribution in [0.4, 0.5) is 4.39 Å². The van der Waals surface area contributed by atoms with Gasteiger partial charge in [-0.05, 0) is 12.1 Å². The molecule has 0 aliphatic carbocycles. The summed E-state index contributed by atoms with van der Waals surface area (Å²) >= 11 is 0. The maximum atomic E-state index is 12.9. The Bertz CT molecular complexity index is 657. The minimum absolute atomic E-state index is 0.00301. The fourth-order valence-electron chi connectivity index (χ4n) is 1.75. The molecule has 0 unspecified atom stereocenters. The van der Waals surface area contributed by atoms with E-state index in [1.165, 1.54) is 12.5 Å². The summed E-state index contributed by atoms with van der Waals surface area (Å²) in [6.45, 7) is 0. The Hall–Kier alpha value is -2.90. The number of carboxylic acids is 1. The molecule has 1 atom stereocenters. The number of aromatic nitrogens is 2. The Morgan fingerprint density at radius 1 is 1.43 bits per heavy atom. The topological polar surface area (TPSA) is 115 Å². The summed E-state index contributed by atoms with van der Waals surface area (Å²) in [6, 6.07) is 1.65. The zero-order valence-electron chi connectivity index (χ0n) is 10.7. The molecule has 21 heavy (non-hydrogen) atoms. The van der Waals surface area contributed by atoms with Crippen molar-refractivity contribution in [3.05, 3.63) is 47.8 Å². The van der Waals surface area contributed by atoms with E-state index in [4.69, 9.17) is 5.11 Å². The maximum Gasteiger partial charge on any atom is 0.326 e. The summed E-state index contributed by atoms with van der Waals surface area (Å²) in [6.07, 6.45) is 2.84. The molecule has 0 spiro atoms. The number of rotatable bonds is 5. The van der Waals surface area contributed by atoms with Crippen molar-refractivity contribution in [1.82, 2.24) is 15.3 Å². The third kappa shape index (κ3) is 3.56. The van der Waals surface area contributed by atoms with Crippen LogP contribution in [0.5, 0.6) is 5.75 Å². The first-order chi connectivity index (χ1) is 9.97. The van der Waals surface area contributed by atoms with Crippen LogP contribution < -0.4 is 5.32 Å². The smallest absolute Gasteiger partial charge is 0.326 e. The lowest BCUT2D eigenvalue weighted by Crippen LogP contribution is -2.42. The molecule has 0 aliphatic heterocycles. The minimum Gasteiger partial charge on any atom is -0.507 e. The van der Waals surface area contributed by atoms with Gasteiger partial charge in [-0.15, -0.1) is 0 Å². The number of phenolic OH excluding ortho intramolecular Hbond substituents is 1. The molecule has 2 rings (SSSR count). The van der Waals surface area contributed by atoms with Crippen LogP contribution >= 0.6 is 0 Å². The molecule has 110 valence electrons. The monoisotopic (exact) mass is 293 g/mol. The number of carbonyl (C=O) groups excluding carboxylic acids is 1. The number of amides is 1. The van der Waals surface area contributed by atoms with Gasteiger partial charge in [-0.2, -0.15) is 0 Å². The summed E-state index contributed by atoms with van der Waals surface area (Å²) in [5.74, 6) is -3.30. The average Bonchev–Trinajstić information content (AvgIpc) is 2.90. The van der Waals surface area contributed by atoms with E-state index >= 15 is 0 Å². The lowest BCUT2D eigenvalue weighted by atomic mass is 10.1. The number of hydrogen-bond acceptors (Lipinski definition) is 4. The Kier molecular flexibility index (Phi) is 4.17. The fourth-order valence-corrected chi connectivity index (χ4v) is 1.75. The quantitative estimate of drug-likeness (QED) is 0.647. The lowest BCUT2D eigenvalue weighted by Gasteiger charge is -2.14. The van der Waals surface area contributed by atoms with Crippen LogP contribution in [0.1, 0.15) is 16.1 Å². The molecule has 1 amide bonds. The Labute approximate surface area is 118 Å². The maximum absolute atomic E-state index is 12.9. The van der Waals surface area contributed by atoms with Gasteiger partial charge in [0, 0.05) is 24.4 Å². The standard InChI is InChI=1S/C13H12FN3O4/c14-7-1-2-9(11(18)3-7)12(19)17-10(13(20)21)4-8-5-15-6-16-8/h1-3,5-6,10,18H,4H2,(H,15,16)(H,17,19)(H,20,21)/t10-/m1/s1. The lowest BCUT2D eigenvalue weighted by molar-refractivity contribution is -0.139. The first-order valence-electron chi connectivity index (χ1n) is 5.97. The molecule has 0 aliphatic rings. The molecule has 1 aromatic carbocycles. The third-order valence-electron chi connectivity index (χ3n) is 2.79. The summed E-state index contributed by atoms with van der Waals surface area (Å²) in [7, 11) is 0. The molecule has 0 radical (unpaired) electrons. The van der Waals surface area contributed by atoms with E-state index in [1.807, 2.05) is 0 Å². The van der Waals surface area contributed by atoms with Gasteiger partial charge in [-0.3, -0.25) is 4.79 Å². The number of nitrogens with zero attached hydrogens (tertiary/aromatic N) is 1. The number of phenols is 1. The highest BCUT2D eigenvalue weighted by molar-refractivity contribution is 5.98. The van der Waals surface area contributed by atoms with Crippen molar-refractivity contribution in [1.29, 1.82) is 0 Å². The number of imidazole rings is 1. The van der Waals surface area contributed by atoms with E-state index in [2.05, 4.69) is 15.3 Å². The second-order valence-electron chi connectivity index (χ2n) is 4.31. The van der Waals surface area contributed by atoms with Crippen LogP contribution in [0.2, 0.25) is 0 Å². The SMILES string of the molecule is O=C(N[C@H](Cc1cnc[nH]1)C(=O)O)c1ccc(F)cc1O.